The van der Waals surface area contributed by atoms with E-state index in [-0.39, 0.29) is 22.5 Å². The van der Waals surface area contributed by atoms with Crippen LogP contribution in [0.2, 0.25) is 0 Å². The number of halogens is 2. The Balaban J connectivity index is 2.22. The predicted molar refractivity (Wildman–Crippen MR) is 70.3 cm³/mol. The molecule has 1 aromatic carbocycles. The van der Waals surface area contributed by atoms with Crippen LogP contribution in [-0.4, -0.2) is 25.7 Å². The molecule has 0 saturated carbocycles. The summed E-state index contributed by atoms with van der Waals surface area (Å²) in [5.74, 6) is -1.19. The molecule has 2 heterocycles. The molecule has 0 amide bonds. The Morgan fingerprint density at radius 2 is 1.95 bits per heavy atom. The minimum Gasteiger partial charge on any atom is -0.476 e. The number of aromatic nitrogens is 3. The van der Waals surface area contributed by atoms with Gasteiger partial charge < -0.3 is 5.11 Å². The zero-order valence-electron chi connectivity index (χ0n) is 10.6. The number of fused-ring (bicyclic) bond motifs is 1. The van der Waals surface area contributed by atoms with Gasteiger partial charge in [0, 0.05) is 11.1 Å². The highest BCUT2D eigenvalue weighted by atomic mass is 19.3. The fourth-order valence-electron chi connectivity index (χ4n) is 2.08. The van der Waals surface area contributed by atoms with E-state index in [0.717, 1.165) is 4.52 Å². The van der Waals surface area contributed by atoms with Crippen LogP contribution in [0, 0.1) is 0 Å². The Kier molecular flexibility index (Phi) is 3.09. The molecule has 0 aliphatic rings. The Labute approximate surface area is 117 Å². The van der Waals surface area contributed by atoms with Gasteiger partial charge in [-0.2, -0.15) is 5.10 Å². The van der Waals surface area contributed by atoms with E-state index in [1.807, 2.05) is 0 Å². The largest absolute Gasteiger partial charge is 0.476 e. The van der Waals surface area contributed by atoms with Crippen LogP contribution < -0.4 is 0 Å². The number of hydrogen-bond acceptors (Lipinski definition) is 3. The van der Waals surface area contributed by atoms with Gasteiger partial charge in [-0.15, -0.1) is 0 Å². The SMILES string of the molecule is O=C(O)c1cnc2ccc(-c3ccccc3C(F)F)nn12. The van der Waals surface area contributed by atoms with Crippen molar-refractivity contribution in [3.8, 4) is 11.3 Å². The van der Waals surface area contributed by atoms with Crippen molar-refractivity contribution >= 4 is 11.6 Å². The third-order valence-corrected chi connectivity index (χ3v) is 3.05. The van der Waals surface area contributed by atoms with Crippen LogP contribution in [0.4, 0.5) is 8.78 Å². The van der Waals surface area contributed by atoms with E-state index in [1.54, 1.807) is 6.07 Å². The number of carboxylic acids is 1. The molecule has 0 radical (unpaired) electrons. The summed E-state index contributed by atoms with van der Waals surface area (Å²) in [4.78, 5) is 15.0. The fraction of sp³-hybridized carbons (Fsp3) is 0.0714. The Morgan fingerprint density at radius 1 is 1.19 bits per heavy atom. The third kappa shape index (κ3) is 2.22. The molecule has 0 bridgehead atoms. The number of imidazole rings is 1. The quantitative estimate of drug-likeness (QED) is 0.804. The first-order chi connectivity index (χ1) is 10.1. The van der Waals surface area contributed by atoms with Crippen LogP contribution >= 0.6 is 0 Å². The summed E-state index contributed by atoms with van der Waals surface area (Å²) in [7, 11) is 0. The second-order valence-corrected chi connectivity index (χ2v) is 4.33. The number of carbonyl (C=O) groups is 1. The van der Waals surface area contributed by atoms with Gasteiger partial charge in [0.25, 0.3) is 6.43 Å². The van der Waals surface area contributed by atoms with E-state index in [0.29, 0.717) is 5.65 Å². The molecule has 0 fully saturated rings. The highest BCUT2D eigenvalue weighted by Gasteiger charge is 2.17. The maximum Gasteiger partial charge on any atom is 0.356 e. The minimum absolute atomic E-state index is 0.124. The van der Waals surface area contributed by atoms with Crippen molar-refractivity contribution in [3.05, 3.63) is 53.9 Å². The third-order valence-electron chi connectivity index (χ3n) is 3.05. The number of rotatable bonds is 3. The molecule has 0 spiro atoms. The zero-order valence-corrected chi connectivity index (χ0v) is 10.6. The standard InChI is InChI=1S/C14H9F2N3O2/c15-13(16)9-4-2-1-3-8(9)10-5-6-12-17-7-11(14(20)21)19(12)18-10/h1-7,13H,(H,20,21). The second-order valence-electron chi connectivity index (χ2n) is 4.33. The average Bonchev–Trinajstić information content (AvgIpc) is 2.90. The molecular formula is C14H9F2N3O2. The lowest BCUT2D eigenvalue weighted by Crippen LogP contribution is -2.05. The van der Waals surface area contributed by atoms with Crippen molar-refractivity contribution in [2.75, 3.05) is 0 Å². The zero-order chi connectivity index (χ0) is 15.0. The van der Waals surface area contributed by atoms with E-state index >= 15 is 0 Å². The number of hydrogen-bond donors (Lipinski definition) is 1. The van der Waals surface area contributed by atoms with Crippen LogP contribution in [0.1, 0.15) is 22.5 Å². The monoisotopic (exact) mass is 289 g/mol. The van der Waals surface area contributed by atoms with Gasteiger partial charge in [0.15, 0.2) is 11.3 Å². The normalized spacial score (nSPS) is 11.2. The maximum atomic E-state index is 13.0. The van der Waals surface area contributed by atoms with Crippen molar-refractivity contribution in [3.63, 3.8) is 0 Å². The average molecular weight is 289 g/mol. The predicted octanol–water partition coefficient (Wildman–Crippen LogP) is 3.03. The van der Waals surface area contributed by atoms with Crippen LogP contribution in [0.3, 0.4) is 0 Å². The number of alkyl halides is 2. The number of aromatic carboxylic acids is 1. The molecule has 7 heteroatoms. The number of carboxylic acid groups (broad SMARTS) is 1. The minimum atomic E-state index is -2.64. The lowest BCUT2D eigenvalue weighted by Gasteiger charge is -2.08. The molecule has 3 aromatic rings. The topological polar surface area (TPSA) is 67.5 Å². The Bertz CT molecular complexity index is 830. The summed E-state index contributed by atoms with van der Waals surface area (Å²) < 4.78 is 27.2. The molecule has 0 aliphatic heterocycles. The summed E-state index contributed by atoms with van der Waals surface area (Å²) in [6.07, 6.45) is -1.46. The van der Waals surface area contributed by atoms with Gasteiger partial charge in [0.2, 0.25) is 0 Å². The van der Waals surface area contributed by atoms with Crippen molar-refractivity contribution in [1.29, 1.82) is 0 Å². The summed E-state index contributed by atoms with van der Waals surface area (Å²) >= 11 is 0. The van der Waals surface area contributed by atoms with Gasteiger partial charge in [-0.3, -0.25) is 0 Å². The Hall–Kier alpha value is -2.83. The molecule has 106 valence electrons. The summed E-state index contributed by atoms with van der Waals surface area (Å²) in [6, 6.07) is 9.06. The van der Waals surface area contributed by atoms with Crippen molar-refractivity contribution in [1.82, 2.24) is 14.6 Å². The molecule has 1 N–H and O–H groups in total. The highest BCUT2D eigenvalue weighted by molar-refractivity contribution is 5.86. The van der Waals surface area contributed by atoms with E-state index in [4.69, 9.17) is 5.11 Å². The molecular weight excluding hydrogens is 280 g/mol. The second kappa shape index (κ2) is 4.93. The van der Waals surface area contributed by atoms with Crippen molar-refractivity contribution in [2.45, 2.75) is 6.43 Å². The van der Waals surface area contributed by atoms with Crippen LogP contribution in [0.15, 0.2) is 42.6 Å². The van der Waals surface area contributed by atoms with E-state index in [9.17, 15) is 13.6 Å². The first kappa shape index (κ1) is 13.2. The molecule has 5 nitrogen and oxygen atoms in total. The molecule has 3 rings (SSSR count). The van der Waals surface area contributed by atoms with Gasteiger partial charge in [0.1, 0.15) is 0 Å². The molecule has 2 aromatic heterocycles. The molecule has 0 unspecified atom stereocenters. The van der Waals surface area contributed by atoms with Crippen LogP contribution in [0.5, 0.6) is 0 Å². The Morgan fingerprint density at radius 3 is 2.67 bits per heavy atom. The smallest absolute Gasteiger partial charge is 0.356 e. The lowest BCUT2D eigenvalue weighted by molar-refractivity contribution is 0.0688. The molecule has 0 aliphatic carbocycles. The van der Waals surface area contributed by atoms with Crippen LogP contribution in [-0.2, 0) is 0 Å². The molecule has 0 saturated heterocycles. The lowest BCUT2D eigenvalue weighted by atomic mass is 10.0. The van der Waals surface area contributed by atoms with Crippen molar-refractivity contribution in [2.24, 2.45) is 0 Å². The van der Waals surface area contributed by atoms with Crippen LogP contribution in [0.25, 0.3) is 16.9 Å². The number of benzene rings is 1. The van der Waals surface area contributed by atoms with Crippen molar-refractivity contribution < 1.29 is 18.7 Å². The van der Waals surface area contributed by atoms with Gasteiger partial charge >= 0.3 is 5.97 Å². The first-order valence-electron chi connectivity index (χ1n) is 6.03. The summed E-state index contributed by atoms with van der Waals surface area (Å²) in [6.45, 7) is 0. The fourth-order valence-corrected chi connectivity index (χ4v) is 2.08. The van der Waals surface area contributed by atoms with Gasteiger partial charge in [-0.1, -0.05) is 24.3 Å². The highest BCUT2D eigenvalue weighted by Crippen LogP contribution is 2.29. The van der Waals surface area contributed by atoms with Gasteiger partial charge in [0.05, 0.1) is 11.9 Å². The first-order valence-corrected chi connectivity index (χ1v) is 6.03. The summed E-state index contributed by atoms with van der Waals surface area (Å²) in [5, 5.41) is 13.2. The van der Waals surface area contributed by atoms with E-state index in [1.165, 1.54) is 36.5 Å². The van der Waals surface area contributed by atoms with E-state index < -0.39 is 12.4 Å². The molecule has 0 atom stereocenters. The molecule has 21 heavy (non-hydrogen) atoms. The summed E-state index contributed by atoms with van der Waals surface area (Å²) in [5.41, 5.74) is 0.590. The van der Waals surface area contributed by atoms with Gasteiger partial charge in [-0.25, -0.2) is 23.1 Å². The van der Waals surface area contributed by atoms with Gasteiger partial charge in [-0.05, 0) is 12.1 Å². The van der Waals surface area contributed by atoms with E-state index in [2.05, 4.69) is 10.1 Å². The maximum absolute atomic E-state index is 13.0. The number of nitrogens with zero attached hydrogens (tertiary/aromatic N) is 3.